The first-order chi connectivity index (χ1) is 8.17. The molecule has 0 unspecified atom stereocenters. The van der Waals surface area contributed by atoms with Gasteiger partial charge in [0.2, 0.25) is 0 Å². The molecule has 0 spiro atoms. The number of benzene rings is 1. The number of hydrogen-bond donors (Lipinski definition) is 0. The van der Waals surface area contributed by atoms with Gasteiger partial charge in [-0.05, 0) is 34.1 Å². The quantitative estimate of drug-likeness (QED) is 0.774. The Morgan fingerprint density at radius 3 is 2.22 bits per heavy atom. The molecular formula is C10H8BrF5O2. The van der Waals surface area contributed by atoms with Crippen molar-refractivity contribution < 1.29 is 31.4 Å². The van der Waals surface area contributed by atoms with Gasteiger partial charge in [0.1, 0.15) is 11.5 Å². The third-order valence-electron chi connectivity index (χ3n) is 1.96. The van der Waals surface area contributed by atoms with Gasteiger partial charge in [-0.15, -0.1) is 0 Å². The second-order valence-corrected chi connectivity index (χ2v) is 4.14. The van der Waals surface area contributed by atoms with Crippen LogP contribution in [-0.4, -0.2) is 25.8 Å². The predicted octanol–water partition coefficient (Wildman–Crippen LogP) is 4.03. The highest BCUT2D eigenvalue weighted by atomic mass is 79.9. The molecule has 0 bridgehead atoms. The van der Waals surface area contributed by atoms with Crippen LogP contribution >= 0.6 is 15.9 Å². The van der Waals surface area contributed by atoms with Gasteiger partial charge in [-0.1, -0.05) is 0 Å². The average molecular weight is 335 g/mol. The van der Waals surface area contributed by atoms with Gasteiger partial charge < -0.3 is 9.47 Å². The molecule has 0 amide bonds. The number of alkyl halides is 5. The molecule has 0 saturated carbocycles. The lowest BCUT2D eigenvalue weighted by molar-refractivity contribution is -0.290. The molecule has 1 rings (SSSR count). The van der Waals surface area contributed by atoms with Crippen LogP contribution in [0.2, 0.25) is 0 Å². The van der Waals surface area contributed by atoms with Gasteiger partial charge in [-0.25, -0.2) is 0 Å². The molecule has 0 aliphatic heterocycles. The van der Waals surface area contributed by atoms with Crippen LogP contribution in [0.5, 0.6) is 11.5 Å². The Hall–Kier alpha value is -1.05. The van der Waals surface area contributed by atoms with Gasteiger partial charge in [0.05, 0.1) is 11.6 Å². The van der Waals surface area contributed by atoms with Crippen molar-refractivity contribution in [3.63, 3.8) is 0 Å². The van der Waals surface area contributed by atoms with Crippen molar-refractivity contribution in [3.05, 3.63) is 22.7 Å². The minimum Gasteiger partial charge on any atom is -0.496 e. The summed E-state index contributed by atoms with van der Waals surface area (Å²) in [6.07, 6.45) is -5.63. The van der Waals surface area contributed by atoms with E-state index in [1.807, 2.05) is 0 Å². The van der Waals surface area contributed by atoms with Gasteiger partial charge >= 0.3 is 12.1 Å². The van der Waals surface area contributed by atoms with Crippen molar-refractivity contribution in [3.8, 4) is 11.5 Å². The van der Waals surface area contributed by atoms with Crippen molar-refractivity contribution in [2.75, 3.05) is 13.7 Å². The van der Waals surface area contributed by atoms with E-state index in [4.69, 9.17) is 4.74 Å². The Balaban J connectivity index is 2.73. The number of halogens is 6. The topological polar surface area (TPSA) is 18.5 Å². The summed E-state index contributed by atoms with van der Waals surface area (Å²) >= 11 is 3.05. The maximum Gasteiger partial charge on any atom is 0.456 e. The minimum absolute atomic E-state index is 0.119. The fourth-order valence-corrected chi connectivity index (χ4v) is 1.51. The second-order valence-electron chi connectivity index (χ2n) is 3.29. The molecule has 2 nitrogen and oxygen atoms in total. The first-order valence-corrected chi connectivity index (χ1v) is 5.37. The lowest BCUT2D eigenvalue weighted by Gasteiger charge is -2.19. The molecular weight excluding hydrogens is 327 g/mol. The van der Waals surface area contributed by atoms with E-state index in [2.05, 4.69) is 20.7 Å². The normalized spacial score (nSPS) is 12.4. The molecule has 0 aliphatic rings. The van der Waals surface area contributed by atoms with Crippen LogP contribution in [0.3, 0.4) is 0 Å². The molecule has 0 radical (unpaired) electrons. The summed E-state index contributed by atoms with van der Waals surface area (Å²) < 4.78 is 70.5. The molecule has 0 N–H and O–H groups in total. The van der Waals surface area contributed by atoms with Crippen LogP contribution in [0.4, 0.5) is 22.0 Å². The predicted molar refractivity (Wildman–Crippen MR) is 57.2 cm³/mol. The van der Waals surface area contributed by atoms with E-state index >= 15 is 0 Å². The van der Waals surface area contributed by atoms with E-state index in [0.29, 0.717) is 10.2 Å². The summed E-state index contributed by atoms with van der Waals surface area (Å²) in [6.45, 7) is -1.77. The summed E-state index contributed by atoms with van der Waals surface area (Å²) in [4.78, 5) is 0. The molecule has 0 aliphatic carbocycles. The number of hydrogen-bond acceptors (Lipinski definition) is 2. The fourth-order valence-electron chi connectivity index (χ4n) is 0.993. The average Bonchev–Trinajstić information content (AvgIpc) is 2.25. The summed E-state index contributed by atoms with van der Waals surface area (Å²) in [5.41, 5.74) is 0. The first-order valence-electron chi connectivity index (χ1n) is 4.58. The molecule has 0 atom stereocenters. The van der Waals surface area contributed by atoms with Crippen LogP contribution < -0.4 is 9.47 Å². The highest BCUT2D eigenvalue weighted by Crippen LogP contribution is 2.36. The molecule has 0 heterocycles. The first kappa shape index (κ1) is 15.0. The Kier molecular flexibility index (Phi) is 4.41. The molecule has 0 fully saturated rings. The maximum atomic E-state index is 12.6. The van der Waals surface area contributed by atoms with Gasteiger partial charge in [0.25, 0.3) is 0 Å². The molecule has 18 heavy (non-hydrogen) atoms. The monoisotopic (exact) mass is 334 g/mol. The van der Waals surface area contributed by atoms with Gasteiger partial charge in [0.15, 0.2) is 6.61 Å². The number of rotatable bonds is 4. The summed E-state index contributed by atoms with van der Waals surface area (Å²) in [7, 11) is 1.39. The fraction of sp³-hybridized carbons (Fsp3) is 0.400. The Morgan fingerprint density at radius 2 is 1.78 bits per heavy atom. The Morgan fingerprint density at radius 1 is 1.17 bits per heavy atom. The summed E-state index contributed by atoms with van der Waals surface area (Å²) in [5.74, 6) is -4.60. The number of ether oxygens (including phenoxy) is 2. The van der Waals surface area contributed by atoms with Crippen molar-refractivity contribution >= 4 is 15.9 Å². The van der Waals surface area contributed by atoms with Crippen LogP contribution in [-0.2, 0) is 0 Å². The van der Waals surface area contributed by atoms with E-state index in [-0.39, 0.29) is 5.75 Å². The zero-order valence-electron chi connectivity index (χ0n) is 9.02. The minimum atomic E-state index is -5.63. The van der Waals surface area contributed by atoms with E-state index in [1.165, 1.54) is 25.3 Å². The largest absolute Gasteiger partial charge is 0.496 e. The molecule has 102 valence electrons. The van der Waals surface area contributed by atoms with Crippen molar-refractivity contribution in [1.29, 1.82) is 0 Å². The van der Waals surface area contributed by atoms with Gasteiger partial charge in [0, 0.05) is 0 Å². The van der Waals surface area contributed by atoms with Crippen LogP contribution in [0, 0.1) is 0 Å². The Bertz CT molecular complexity index is 419. The highest BCUT2D eigenvalue weighted by molar-refractivity contribution is 9.10. The molecule has 8 heteroatoms. The van der Waals surface area contributed by atoms with Crippen molar-refractivity contribution in [1.82, 2.24) is 0 Å². The lowest BCUT2D eigenvalue weighted by Crippen LogP contribution is -2.41. The molecule has 1 aromatic carbocycles. The van der Waals surface area contributed by atoms with Gasteiger partial charge in [-0.3, -0.25) is 0 Å². The maximum absolute atomic E-state index is 12.6. The van der Waals surface area contributed by atoms with E-state index in [9.17, 15) is 22.0 Å². The standard InChI is InChI=1S/C10H8BrF5O2/c1-17-8-3-2-6(4-7(8)11)18-5-9(12,13)10(14,15)16/h2-4H,5H2,1H3. The van der Waals surface area contributed by atoms with Crippen LogP contribution in [0.25, 0.3) is 0 Å². The molecule has 1 aromatic rings. The van der Waals surface area contributed by atoms with Crippen LogP contribution in [0.1, 0.15) is 0 Å². The smallest absolute Gasteiger partial charge is 0.456 e. The van der Waals surface area contributed by atoms with Gasteiger partial charge in [-0.2, -0.15) is 22.0 Å². The van der Waals surface area contributed by atoms with Crippen LogP contribution in [0.15, 0.2) is 22.7 Å². The van der Waals surface area contributed by atoms with E-state index in [1.54, 1.807) is 0 Å². The zero-order valence-corrected chi connectivity index (χ0v) is 10.6. The highest BCUT2D eigenvalue weighted by Gasteiger charge is 2.58. The van der Waals surface area contributed by atoms with E-state index < -0.39 is 18.7 Å². The second kappa shape index (κ2) is 5.29. The van der Waals surface area contributed by atoms with Crippen molar-refractivity contribution in [2.45, 2.75) is 12.1 Å². The molecule has 0 aromatic heterocycles. The number of methoxy groups -OCH3 is 1. The third kappa shape index (κ3) is 3.47. The summed E-state index contributed by atoms with van der Waals surface area (Å²) in [6, 6.07) is 3.85. The zero-order chi connectivity index (χ0) is 14.0. The Labute approximate surface area is 108 Å². The third-order valence-corrected chi connectivity index (χ3v) is 2.58. The lowest BCUT2D eigenvalue weighted by atomic mass is 10.3. The SMILES string of the molecule is COc1ccc(OCC(F)(F)C(F)(F)F)cc1Br. The molecule has 0 saturated heterocycles. The summed E-state index contributed by atoms with van der Waals surface area (Å²) in [5, 5.41) is 0. The van der Waals surface area contributed by atoms with Crippen molar-refractivity contribution in [2.24, 2.45) is 0 Å². The van der Waals surface area contributed by atoms with E-state index in [0.717, 1.165) is 0 Å².